The van der Waals surface area contributed by atoms with Crippen molar-refractivity contribution in [3.63, 3.8) is 0 Å². The molecule has 140 valence electrons. The molecule has 0 N–H and O–H groups in total. The summed E-state index contributed by atoms with van der Waals surface area (Å²) in [6.45, 7) is 10.2. The molecule has 1 saturated carbocycles. The fraction of sp³-hybridized carbons (Fsp3) is 0.882. The molecule has 0 aromatic carbocycles. The molecule has 0 unspecified atom stereocenters. The monoisotopic (exact) mass is 366 g/mol. The molecular weight excluding hydrogens is 336 g/mol. The van der Waals surface area contributed by atoms with Crippen molar-refractivity contribution in [1.82, 2.24) is 29.6 Å². The lowest BCUT2D eigenvalue weighted by atomic mass is 9.88. The first-order valence-corrected chi connectivity index (χ1v) is 9.81. The van der Waals surface area contributed by atoms with Crippen LogP contribution >= 0.6 is 12.2 Å². The van der Waals surface area contributed by atoms with E-state index in [0.717, 1.165) is 39.0 Å². The van der Waals surface area contributed by atoms with Crippen molar-refractivity contribution in [2.24, 2.45) is 5.92 Å². The van der Waals surface area contributed by atoms with Crippen LogP contribution in [0.3, 0.4) is 0 Å². The van der Waals surface area contributed by atoms with E-state index < -0.39 is 0 Å². The highest BCUT2D eigenvalue weighted by Crippen LogP contribution is 2.25. The molecule has 1 saturated heterocycles. The van der Waals surface area contributed by atoms with Crippen molar-refractivity contribution in [3.8, 4) is 0 Å². The Bertz CT molecular complexity index is 647. The van der Waals surface area contributed by atoms with Crippen LogP contribution in [0.2, 0.25) is 0 Å². The Morgan fingerprint density at radius 1 is 1.08 bits per heavy atom. The first kappa shape index (κ1) is 18.5. The Labute approximate surface area is 154 Å². The number of piperazine rings is 1. The number of carbonyl (C=O) groups is 1. The number of carbonyl (C=O) groups excluding carboxylic acids is 1. The van der Waals surface area contributed by atoms with Crippen molar-refractivity contribution in [3.05, 3.63) is 4.77 Å². The zero-order valence-electron chi connectivity index (χ0n) is 15.6. The van der Waals surface area contributed by atoms with Crippen LogP contribution in [0.4, 0.5) is 0 Å². The molecular formula is C17H30N6OS. The first-order chi connectivity index (χ1) is 11.9. The van der Waals surface area contributed by atoms with Gasteiger partial charge in [0.15, 0.2) is 0 Å². The molecule has 2 fully saturated rings. The van der Waals surface area contributed by atoms with Crippen LogP contribution in [0.5, 0.6) is 0 Å². The average molecular weight is 367 g/mol. The predicted octanol–water partition coefficient (Wildman–Crippen LogP) is 2.25. The fourth-order valence-corrected chi connectivity index (χ4v) is 4.10. The van der Waals surface area contributed by atoms with Gasteiger partial charge in [-0.1, -0.05) is 19.3 Å². The summed E-state index contributed by atoms with van der Waals surface area (Å²) >= 11 is 5.50. The summed E-state index contributed by atoms with van der Waals surface area (Å²) in [5, 5.41) is 8.40. The minimum Gasteiger partial charge on any atom is -0.340 e. The molecule has 1 aromatic heterocycles. The minimum absolute atomic E-state index is 0.166. The summed E-state index contributed by atoms with van der Waals surface area (Å²) in [6, 6.07) is 0. The van der Waals surface area contributed by atoms with E-state index in [-0.39, 0.29) is 11.5 Å². The second-order valence-corrected chi connectivity index (χ2v) is 8.63. The SMILES string of the molecule is CC(C)(C)n1nnn(CN2CCN(C(=O)C3CCCCC3)CC2)c1=S. The van der Waals surface area contributed by atoms with Crippen LogP contribution in [-0.2, 0) is 17.0 Å². The molecule has 2 aliphatic rings. The van der Waals surface area contributed by atoms with Crippen molar-refractivity contribution >= 4 is 18.1 Å². The summed E-state index contributed by atoms with van der Waals surface area (Å²) in [5.41, 5.74) is -0.166. The molecule has 2 heterocycles. The molecule has 7 nitrogen and oxygen atoms in total. The molecule has 1 aliphatic heterocycles. The number of amides is 1. The van der Waals surface area contributed by atoms with Gasteiger partial charge in [0, 0.05) is 32.1 Å². The standard InChI is InChI=1S/C17H30N6OS/c1-17(2,3)23-16(25)22(18-19-23)13-20-9-11-21(12-10-20)15(24)14-7-5-4-6-8-14/h14H,4-13H2,1-3H3. The van der Waals surface area contributed by atoms with Gasteiger partial charge in [0.25, 0.3) is 0 Å². The van der Waals surface area contributed by atoms with Gasteiger partial charge in [-0.05, 0) is 56.3 Å². The van der Waals surface area contributed by atoms with Crippen molar-refractivity contribution in [1.29, 1.82) is 0 Å². The van der Waals surface area contributed by atoms with Gasteiger partial charge >= 0.3 is 0 Å². The largest absolute Gasteiger partial charge is 0.340 e. The van der Waals surface area contributed by atoms with E-state index in [9.17, 15) is 4.79 Å². The topological polar surface area (TPSA) is 59.2 Å². The van der Waals surface area contributed by atoms with E-state index in [1.54, 1.807) is 9.36 Å². The van der Waals surface area contributed by atoms with Gasteiger partial charge < -0.3 is 4.90 Å². The number of tetrazole rings is 1. The van der Waals surface area contributed by atoms with Crippen LogP contribution < -0.4 is 0 Å². The maximum Gasteiger partial charge on any atom is 0.225 e. The van der Waals surface area contributed by atoms with Gasteiger partial charge in [-0.25, -0.2) is 9.36 Å². The Hall–Kier alpha value is -1.28. The number of aromatic nitrogens is 4. The number of rotatable bonds is 3. The first-order valence-electron chi connectivity index (χ1n) is 9.41. The fourth-order valence-electron chi connectivity index (χ4n) is 3.69. The highest BCUT2D eigenvalue weighted by atomic mass is 32.1. The van der Waals surface area contributed by atoms with E-state index in [1.807, 2.05) is 0 Å². The Morgan fingerprint density at radius 3 is 2.28 bits per heavy atom. The predicted molar refractivity (Wildman–Crippen MR) is 98.6 cm³/mol. The second-order valence-electron chi connectivity index (χ2n) is 8.26. The third-order valence-electron chi connectivity index (χ3n) is 5.25. The third-order valence-corrected chi connectivity index (χ3v) is 5.63. The maximum atomic E-state index is 12.6. The Balaban J connectivity index is 1.54. The molecule has 1 aromatic rings. The molecule has 1 aliphatic carbocycles. The summed E-state index contributed by atoms with van der Waals surface area (Å²) < 4.78 is 4.21. The normalized spacial score (nSPS) is 20.8. The molecule has 25 heavy (non-hydrogen) atoms. The number of nitrogens with zero attached hydrogens (tertiary/aromatic N) is 6. The van der Waals surface area contributed by atoms with Gasteiger partial charge in [-0.15, -0.1) is 0 Å². The smallest absolute Gasteiger partial charge is 0.225 e. The van der Waals surface area contributed by atoms with Gasteiger partial charge in [0.2, 0.25) is 10.7 Å². The van der Waals surface area contributed by atoms with Gasteiger partial charge in [0.05, 0.1) is 12.2 Å². The minimum atomic E-state index is -0.166. The lowest BCUT2D eigenvalue weighted by Gasteiger charge is -2.36. The van der Waals surface area contributed by atoms with Crippen molar-refractivity contribution < 1.29 is 4.79 Å². The molecule has 8 heteroatoms. The quantitative estimate of drug-likeness (QED) is 0.768. The van der Waals surface area contributed by atoms with Crippen LogP contribution in [-0.4, -0.2) is 61.7 Å². The highest BCUT2D eigenvalue weighted by molar-refractivity contribution is 7.71. The van der Waals surface area contributed by atoms with Crippen LogP contribution in [0.1, 0.15) is 52.9 Å². The third kappa shape index (κ3) is 4.28. The van der Waals surface area contributed by atoms with Crippen molar-refractivity contribution in [2.45, 2.75) is 65.1 Å². The summed E-state index contributed by atoms with van der Waals surface area (Å²) in [7, 11) is 0. The molecule has 0 spiro atoms. The zero-order valence-corrected chi connectivity index (χ0v) is 16.5. The van der Waals surface area contributed by atoms with E-state index in [2.05, 4.69) is 41.0 Å². The lowest BCUT2D eigenvalue weighted by Crippen LogP contribution is -2.50. The van der Waals surface area contributed by atoms with E-state index in [4.69, 9.17) is 12.2 Å². The second kappa shape index (κ2) is 7.53. The summed E-state index contributed by atoms with van der Waals surface area (Å²) in [6.07, 6.45) is 5.85. The molecule has 3 rings (SSSR count). The molecule has 0 radical (unpaired) electrons. The number of hydrogen-bond acceptors (Lipinski definition) is 5. The van der Waals surface area contributed by atoms with Gasteiger partial charge in [-0.2, -0.15) is 0 Å². The van der Waals surface area contributed by atoms with Crippen LogP contribution in [0.15, 0.2) is 0 Å². The van der Waals surface area contributed by atoms with E-state index in [0.29, 0.717) is 17.3 Å². The molecule has 0 bridgehead atoms. The highest BCUT2D eigenvalue weighted by Gasteiger charge is 2.28. The lowest BCUT2D eigenvalue weighted by molar-refractivity contribution is -0.138. The van der Waals surface area contributed by atoms with Gasteiger partial charge in [0.1, 0.15) is 0 Å². The van der Waals surface area contributed by atoms with E-state index >= 15 is 0 Å². The molecule has 1 amide bonds. The number of hydrogen-bond donors (Lipinski definition) is 0. The van der Waals surface area contributed by atoms with Crippen molar-refractivity contribution in [2.75, 3.05) is 26.2 Å². The zero-order chi connectivity index (χ0) is 18.0. The van der Waals surface area contributed by atoms with Crippen LogP contribution in [0.25, 0.3) is 0 Å². The van der Waals surface area contributed by atoms with E-state index in [1.165, 1.54) is 19.3 Å². The molecule has 0 atom stereocenters. The van der Waals surface area contributed by atoms with Gasteiger partial charge in [-0.3, -0.25) is 9.69 Å². The Kier molecular flexibility index (Phi) is 5.58. The van der Waals surface area contributed by atoms with Crippen LogP contribution in [0, 0.1) is 10.7 Å². The summed E-state index contributed by atoms with van der Waals surface area (Å²) in [5.74, 6) is 0.634. The summed E-state index contributed by atoms with van der Waals surface area (Å²) in [4.78, 5) is 17.0. The Morgan fingerprint density at radius 2 is 1.72 bits per heavy atom. The average Bonchev–Trinajstić information content (AvgIpc) is 2.96. The maximum absolute atomic E-state index is 12.6.